The first kappa shape index (κ1) is 21.0. The van der Waals surface area contributed by atoms with E-state index in [9.17, 15) is 18.0 Å². The van der Waals surface area contributed by atoms with Gasteiger partial charge in [-0.05, 0) is 24.6 Å². The zero-order chi connectivity index (χ0) is 20.2. The standard InChI is InChI=1S/C18H27N3O5S/c1-14-5-6-17(26-3)16(13-14)21(27(4,24)25)8-7-18(23)20-11-9-19(10-12-20)15(2)22/h5-6,13H,7-12H2,1-4H3. The van der Waals surface area contributed by atoms with E-state index < -0.39 is 10.0 Å². The van der Waals surface area contributed by atoms with Crippen molar-refractivity contribution in [1.82, 2.24) is 9.80 Å². The largest absolute Gasteiger partial charge is 0.495 e. The van der Waals surface area contributed by atoms with Crippen LogP contribution in [0.1, 0.15) is 18.9 Å². The Labute approximate surface area is 160 Å². The van der Waals surface area contributed by atoms with Crippen LogP contribution < -0.4 is 9.04 Å². The summed E-state index contributed by atoms with van der Waals surface area (Å²) >= 11 is 0. The minimum Gasteiger partial charge on any atom is -0.495 e. The van der Waals surface area contributed by atoms with Gasteiger partial charge in [-0.3, -0.25) is 13.9 Å². The molecule has 27 heavy (non-hydrogen) atoms. The number of hydrogen-bond donors (Lipinski definition) is 0. The first-order valence-electron chi connectivity index (χ1n) is 8.79. The Morgan fingerprint density at radius 3 is 2.26 bits per heavy atom. The monoisotopic (exact) mass is 397 g/mol. The summed E-state index contributed by atoms with van der Waals surface area (Å²) in [6.07, 6.45) is 1.18. The van der Waals surface area contributed by atoms with E-state index in [1.54, 1.807) is 21.9 Å². The fraction of sp³-hybridized carbons (Fsp3) is 0.556. The van der Waals surface area contributed by atoms with E-state index in [2.05, 4.69) is 0 Å². The number of sulfonamides is 1. The lowest BCUT2D eigenvalue weighted by Gasteiger charge is -2.34. The lowest BCUT2D eigenvalue weighted by Crippen LogP contribution is -2.50. The van der Waals surface area contributed by atoms with Crippen LogP contribution >= 0.6 is 0 Å². The molecule has 2 rings (SSSR count). The van der Waals surface area contributed by atoms with Crippen molar-refractivity contribution in [1.29, 1.82) is 0 Å². The van der Waals surface area contributed by atoms with Crippen LogP contribution in [0.3, 0.4) is 0 Å². The number of ether oxygens (including phenoxy) is 1. The second-order valence-corrected chi connectivity index (χ2v) is 8.55. The molecule has 1 aromatic carbocycles. The molecule has 8 nitrogen and oxygen atoms in total. The van der Waals surface area contributed by atoms with Gasteiger partial charge >= 0.3 is 0 Å². The van der Waals surface area contributed by atoms with E-state index in [1.807, 2.05) is 13.0 Å². The maximum Gasteiger partial charge on any atom is 0.232 e. The summed E-state index contributed by atoms with van der Waals surface area (Å²) in [5, 5.41) is 0. The molecule has 0 unspecified atom stereocenters. The van der Waals surface area contributed by atoms with Crippen LogP contribution in [-0.2, 0) is 19.6 Å². The first-order valence-corrected chi connectivity index (χ1v) is 10.6. The number of benzene rings is 1. The molecule has 0 aromatic heterocycles. The van der Waals surface area contributed by atoms with Gasteiger partial charge < -0.3 is 14.5 Å². The molecule has 150 valence electrons. The Balaban J connectivity index is 2.09. The number of hydrogen-bond acceptors (Lipinski definition) is 5. The van der Waals surface area contributed by atoms with E-state index in [-0.39, 0.29) is 24.8 Å². The molecule has 1 aliphatic heterocycles. The number of nitrogens with zero attached hydrogens (tertiary/aromatic N) is 3. The van der Waals surface area contributed by atoms with Gasteiger partial charge in [0.15, 0.2) is 0 Å². The molecule has 1 heterocycles. The summed E-state index contributed by atoms with van der Waals surface area (Å²) in [5.74, 6) is 0.309. The van der Waals surface area contributed by atoms with Crippen LogP contribution in [0.5, 0.6) is 5.75 Å². The van der Waals surface area contributed by atoms with Crippen molar-refractivity contribution in [2.24, 2.45) is 0 Å². The van der Waals surface area contributed by atoms with Crippen LogP contribution in [0, 0.1) is 6.92 Å². The highest BCUT2D eigenvalue weighted by molar-refractivity contribution is 7.92. The zero-order valence-corrected chi connectivity index (χ0v) is 17.1. The molecule has 0 radical (unpaired) electrons. The number of amides is 2. The van der Waals surface area contributed by atoms with Crippen LogP contribution in [0.25, 0.3) is 0 Å². The van der Waals surface area contributed by atoms with Crippen molar-refractivity contribution in [3.05, 3.63) is 23.8 Å². The molecule has 1 aliphatic rings. The van der Waals surface area contributed by atoms with Crippen molar-refractivity contribution in [2.45, 2.75) is 20.3 Å². The minimum atomic E-state index is -3.58. The third-order valence-corrected chi connectivity index (χ3v) is 5.79. The summed E-state index contributed by atoms with van der Waals surface area (Å²) in [4.78, 5) is 27.3. The Morgan fingerprint density at radius 2 is 1.74 bits per heavy atom. The number of methoxy groups -OCH3 is 1. The summed E-state index contributed by atoms with van der Waals surface area (Å²) in [6.45, 7) is 5.34. The van der Waals surface area contributed by atoms with E-state index in [1.165, 1.54) is 18.3 Å². The average molecular weight is 397 g/mol. The summed E-state index contributed by atoms with van der Waals surface area (Å²) in [7, 11) is -2.10. The van der Waals surface area contributed by atoms with Crippen molar-refractivity contribution >= 4 is 27.5 Å². The molecular weight excluding hydrogens is 370 g/mol. The van der Waals surface area contributed by atoms with E-state index in [0.717, 1.165) is 11.8 Å². The number of aryl methyl sites for hydroxylation is 1. The predicted molar refractivity (Wildman–Crippen MR) is 103 cm³/mol. The number of carbonyl (C=O) groups is 2. The Bertz CT molecular complexity index is 801. The number of carbonyl (C=O) groups excluding carboxylic acids is 2. The molecule has 0 aliphatic carbocycles. The fourth-order valence-electron chi connectivity index (χ4n) is 3.09. The SMILES string of the molecule is COc1ccc(C)cc1N(CCC(=O)N1CCN(C(C)=O)CC1)S(C)(=O)=O. The van der Waals surface area contributed by atoms with E-state index >= 15 is 0 Å². The molecule has 1 fully saturated rings. The molecule has 2 amide bonds. The normalized spacial score (nSPS) is 14.8. The smallest absolute Gasteiger partial charge is 0.232 e. The molecule has 1 aromatic rings. The van der Waals surface area contributed by atoms with Crippen LogP contribution in [0.15, 0.2) is 18.2 Å². The highest BCUT2D eigenvalue weighted by Crippen LogP contribution is 2.31. The van der Waals surface area contributed by atoms with E-state index in [0.29, 0.717) is 37.6 Å². The molecule has 9 heteroatoms. The minimum absolute atomic E-state index is 0.00288. The average Bonchev–Trinajstić information content (AvgIpc) is 2.61. The summed E-state index contributed by atoms with van der Waals surface area (Å²) in [6, 6.07) is 5.28. The highest BCUT2D eigenvalue weighted by atomic mass is 32.2. The molecule has 1 saturated heterocycles. The Hall–Kier alpha value is -2.29. The van der Waals surface area contributed by atoms with Crippen LogP contribution in [-0.4, -0.2) is 76.1 Å². The quantitative estimate of drug-likeness (QED) is 0.710. The Morgan fingerprint density at radius 1 is 1.15 bits per heavy atom. The Kier molecular flexibility index (Phi) is 6.69. The van der Waals surface area contributed by atoms with Crippen LogP contribution in [0.4, 0.5) is 5.69 Å². The van der Waals surface area contributed by atoms with Gasteiger partial charge in [-0.25, -0.2) is 8.42 Å². The number of rotatable bonds is 6. The van der Waals surface area contributed by atoms with Crippen molar-refractivity contribution in [3.8, 4) is 5.75 Å². The molecule has 0 spiro atoms. The molecule has 0 N–H and O–H groups in total. The lowest BCUT2D eigenvalue weighted by molar-refractivity contribution is -0.138. The van der Waals surface area contributed by atoms with Gasteiger partial charge in [0, 0.05) is 46.1 Å². The fourth-order valence-corrected chi connectivity index (χ4v) is 4.01. The maximum absolute atomic E-state index is 12.5. The number of anilines is 1. The third kappa shape index (κ3) is 5.35. The van der Waals surface area contributed by atoms with Crippen molar-refractivity contribution in [3.63, 3.8) is 0 Å². The van der Waals surface area contributed by atoms with Gasteiger partial charge in [0.2, 0.25) is 21.8 Å². The second kappa shape index (κ2) is 8.60. The zero-order valence-electron chi connectivity index (χ0n) is 16.3. The van der Waals surface area contributed by atoms with Gasteiger partial charge in [-0.1, -0.05) is 6.07 Å². The van der Waals surface area contributed by atoms with Crippen molar-refractivity contribution in [2.75, 3.05) is 50.4 Å². The van der Waals surface area contributed by atoms with Crippen molar-refractivity contribution < 1.29 is 22.7 Å². The van der Waals surface area contributed by atoms with Gasteiger partial charge in [0.05, 0.1) is 19.1 Å². The maximum atomic E-state index is 12.5. The third-order valence-electron chi connectivity index (χ3n) is 4.61. The topological polar surface area (TPSA) is 87.2 Å². The second-order valence-electron chi connectivity index (χ2n) is 6.65. The lowest BCUT2D eigenvalue weighted by atomic mass is 10.2. The first-order chi connectivity index (χ1) is 12.6. The van der Waals surface area contributed by atoms with E-state index in [4.69, 9.17) is 4.74 Å². The van der Waals surface area contributed by atoms with Gasteiger partial charge in [0.1, 0.15) is 5.75 Å². The molecule has 0 atom stereocenters. The summed E-state index contributed by atoms with van der Waals surface area (Å²) < 4.78 is 31.1. The molecule has 0 saturated carbocycles. The van der Waals surface area contributed by atoms with Crippen LogP contribution in [0.2, 0.25) is 0 Å². The number of piperazine rings is 1. The van der Waals surface area contributed by atoms with Gasteiger partial charge in [-0.15, -0.1) is 0 Å². The highest BCUT2D eigenvalue weighted by Gasteiger charge is 2.26. The predicted octanol–water partition coefficient (Wildman–Crippen LogP) is 0.850. The van der Waals surface area contributed by atoms with Gasteiger partial charge in [-0.2, -0.15) is 0 Å². The van der Waals surface area contributed by atoms with Gasteiger partial charge in [0.25, 0.3) is 0 Å². The summed E-state index contributed by atoms with van der Waals surface area (Å²) in [5.41, 5.74) is 1.32. The molecule has 0 bridgehead atoms. The molecular formula is C18H27N3O5S.